The second kappa shape index (κ2) is 8.77. The van der Waals surface area contributed by atoms with Gasteiger partial charge in [-0.2, -0.15) is 10.1 Å². The van der Waals surface area contributed by atoms with Gasteiger partial charge >= 0.3 is 0 Å². The van der Waals surface area contributed by atoms with Crippen LogP contribution in [0.5, 0.6) is 0 Å². The Balaban J connectivity index is 1.24. The molecule has 1 fully saturated rings. The summed E-state index contributed by atoms with van der Waals surface area (Å²) in [5, 5.41) is 8.45. The van der Waals surface area contributed by atoms with E-state index in [0.29, 0.717) is 42.6 Å². The van der Waals surface area contributed by atoms with Crippen LogP contribution < -0.4 is 0 Å². The Kier molecular flexibility index (Phi) is 5.92. The van der Waals surface area contributed by atoms with E-state index in [-0.39, 0.29) is 11.7 Å². The maximum absolute atomic E-state index is 13.0. The zero-order valence-electron chi connectivity index (χ0n) is 17.3. The first-order valence-electron chi connectivity index (χ1n) is 10.4. The molecule has 1 aromatic carbocycles. The van der Waals surface area contributed by atoms with Crippen LogP contribution in [0.25, 0.3) is 11.5 Å². The highest BCUT2D eigenvalue weighted by molar-refractivity contribution is 5.76. The minimum atomic E-state index is -0.298. The molecule has 0 bridgehead atoms. The molecule has 8 heteroatoms. The minimum absolute atomic E-state index is 0.184. The lowest BCUT2D eigenvalue weighted by molar-refractivity contribution is -0.130. The van der Waals surface area contributed by atoms with Gasteiger partial charge in [0.15, 0.2) is 5.82 Å². The number of carbonyl (C=O) groups excluding carboxylic acids is 1. The third kappa shape index (κ3) is 4.75. The number of nitrogens with zero attached hydrogens (tertiary/aromatic N) is 5. The monoisotopic (exact) mass is 411 g/mol. The van der Waals surface area contributed by atoms with E-state index in [1.54, 1.807) is 12.1 Å². The SMILES string of the molecule is Cc1cc(C)n(CCC(=O)N2CCC(CCc3noc(-c4ccc(F)cc4)n3)C2)n1. The number of aryl methyl sites for hydroxylation is 4. The molecule has 0 N–H and O–H groups in total. The van der Waals surface area contributed by atoms with Crippen molar-refractivity contribution >= 4 is 5.91 Å². The molecule has 1 amide bonds. The fourth-order valence-corrected chi connectivity index (χ4v) is 3.95. The number of halogens is 1. The van der Waals surface area contributed by atoms with E-state index in [9.17, 15) is 9.18 Å². The summed E-state index contributed by atoms with van der Waals surface area (Å²) in [4.78, 5) is 18.9. The predicted molar refractivity (Wildman–Crippen MR) is 109 cm³/mol. The summed E-state index contributed by atoms with van der Waals surface area (Å²) < 4.78 is 20.2. The maximum atomic E-state index is 13.0. The molecule has 2 aromatic heterocycles. The number of likely N-dealkylation sites (tertiary alicyclic amines) is 1. The highest BCUT2D eigenvalue weighted by atomic mass is 19.1. The first-order valence-corrected chi connectivity index (χ1v) is 10.4. The molecule has 30 heavy (non-hydrogen) atoms. The molecule has 158 valence electrons. The van der Waals surface area contributed by atoms with Gasteiger partial charge in [0.2, 0.25) is 5.91 Å². The number of carbonyl (C=O) groups is 1. The molecule has 1 saturated heterocycles. The molecule has 7 nitrogen and oxygen atoms in total. The van der Waals surface area contributed by atoms with Crippen molar-refractivity contribution < 1.29 is 13.7 Å². The van der Waals surface area contributed by atoms with E-state index in [4.69, 9.17) is 4.52 Å². The van der Waals surface area contributed by atoms with E-state index in [0.717, 1.165) is 37.3 Å². The van der Waals surface area contributed by atoms with Crippen molar-refractivity contribution in [3.05, 3.63) is 53.4 Å². The number of aromatic nitrogens is 4. The summed E-state index contributed by atoms with van der Waals surface area (Å²) in [5.74, 6) is 1.37. The number of hydrogen-bond donors (Lipinski definition) is 0. The van der Waals surface area contributed by atoms with E-state index in [1.165, 1.54) is 12.1 Å². The molecule has 1 atom stereocenters. The Morgan fingerprint density at radius 3 is 2.80 bits per heavy atom. The van der Waals surface area contributed by atoms with Crippen molar-refractivity contribution in [1.29, 1.82) is 0 Å². The van der Waals surface area contributed by atoms with E-state index in [1.807, 2.05) is 29.5 Å². The molecular formula is C22H26FN5O2. The molecule has 1 unspecified atom stereocenters. The quantitative estimate of drug-likeness (QED) is 0.594. The van der Waals surface area contributed by atoms with Crippen molar-refractivity contribution in [2.24, 2.45) is 5.92 Å². The standard InChI is InChI=1S/C22H26FN5O2/c1-15-13-16(2)28(25-15)12-10-21(29)27-11-9-17(14-27)3-8-20-24-22(30-26-20)18-4-6-19(23)7-5-18/h4-7,13,17H,3,8-12,14H2,1-2H3. The average molecular weight is 411 g/mol. The number of amides is 1. The summed E-state index contributed by atoms with van der Waals surface area (Å²) in [6.45, 7) is 6.17. The predicted octanol–water partition coefficient (Wildman–Crippen LogP) is 3.56. The van der Waals surface area contributed by atoms with Crippen molar-refractivity contribution in [1.82, 2.24) is 24.8 Å². The molecule has 1 aliphatic heterocycles. The third-order valence-electron chi connectivity index (χ3n) is 5.61. The summed E-state index contributed by atoms with van der Waals surface area (Å²) in [6.07, 6.45) is 3.07. The molecule has 0 spiro atoms. The van der Waals surface area contributed by atoms with Gasteiger partial charge in [0.1, 0.15) is 5.82 Å². The van der Waals surface area contributed by atoms with E-state index < -0.39 is 0 Å². The van der Waals surface area contributed by atoms with Gasteiger partial charge in [-0.1, -0.05) is 5.16 Å². The van der Waals surface area contributed by atoms with Gasteiger partial charge in [-0.25, -0.2) is 4.39 Å². The summed E-state index contributed by atoms with van der Waals surface area (Å²) in [7, 11) is 0. The highest BCUT2D eigenvalue weighted by Gasteiger charge is 2.26. The van der Waals surface area contributed by atoms with Crippen molar-refractivity contribution in [3.63, 3.8) is 0 Å². The lowest BCUT2D eigenvalue weighted by atomic mass is 10.0. The lowest BCUT2D eigenvalue weighted by Crippen LogP contribution is -2.29. The lowest BCUT2D eigenvalue weighted by Gasteiger charge is -2.16. The molecule has 0 radical (unpaired) electrons. The zero-order chi connectivity index (χ0) is 21.1. The average Bonchev–Trinajstić information content (AvgIpc) is 3.45. The van der Waals surface area contributed by atoms with E-state index in [2.05, 4.69) is 15.2 Å². The van der Waals surface area contributed by atoms with Gasteiger partial charge in [-0.15, -0.1) is 0 Å². The number of benzene rings is 1. The van der Waals surface area contributed by atoms with Gasteiger partial charge in [0.25, 0.3) is 5.89 Å². The van der Waals surface area contributed by atoms with Gasteiger partial charge in [0, 0.05) is 43.7 Å². The van der Waals surface area contributed by atoms with Crippen LogP contribution in [-0.4, -0.2) is 43.8 Å². The van der Waals surface area contributed by atoms with Gasteiger partial charge in [-0.05, 0) is 62.9 Å². The van der Waals surface area contributed by atoms with Crippen LogP contribution in [0.2, 0.25) is 0 Å². The van der Waals surface area contributed by atoms with Crippen LogP contribution in [0, 0.1) is 25.6 Å². The molecule has 1 aliphatic rings. The first-order chi connectivity index (χ1) is 14.5. The summed E-state index contributed by atoms with van der Waals surface area (Å²) >= 11 is 0. The molecule has 0 aliphatic carbocycles. The van der Waals surface area contributed by atoms with Crippen LogP contribution in [0.1, 0.15) is 36.5 Å². The van der Waals surface area contributed by atoms with Gasteiger partial charge in [-0.3, -0.25) is 9.48 Å². The van der Waals surface area contributed by atoms with Crippen LogP contribution >= 0.6 is 0 Å². The van der Waals surface area contributed by atoms with Crippen molar-refractivity contribution in [2.45, 2.75) is 46.1 Å². The van der Waals surface area contributed by atoms with Crippen LogP contribution in [-0.2, 0) is 17.8 Å². The second-order valence-electron chi connectivity index (χ2n) is 7.96. The Labute approximate surface area is 174 Å². The second-order valence-corrected chi connectivity index (χ2v) is 7.96. The first kappa shape index (κ1) is 20.3. The minimum Gasteiger partial charge on any atom is -0.342 e. The largest absolute Gasteiger partial charge is 0.342 e. The Morgan fingerprint density at radius 2 is 2.07 bits per heavy atom. The zero-order valence-corrected chi connectivity index (χ0v) is 17.3. The number of rotatable bonds is 7. The molecular weight excluding hydrogens is 385 g/mol. The van der Waals surface area contributed by atoms with Gasteiger partial charge < -0.3 is 9.42 Å². The Morgan fingerprint density at radius 1 is 1.27 bits per heavy atom. The summed E-state index contributed by atoms with van der Waals surface area (Å²) in [5.41, 5.74) is 2.76. The fraction of sp³-hybridized carbons (Fsp3) is 0.455. The molecule has 3 heterocycles. The van der Waals surface area contributed by atoms with Crippen LogP contribution in [0.15, 0.2) is 34.9 Å². The van der Waals surface area contributed by atoms with Crippen molar-refractivity contribution in [3.8, 4) is 11.5 Å². The van der Waals surface area contributed by atoms with Crippen LogP contribution in [0.3, 0.4) is 0 Å². The van der Waals surface area contributed by atoms with Crippen LogP contribution in [0.4, 0.5) is 4.39 Å². The van der Waals surface area contributed by atoms with E-state index >= 15 is 0 Å². The maximum Gasteiger partial charge on any atom is 0.257 e. The summed E-state index contributed by atoms with van der Waals surface area (Å²) in [6, 6.07) is 8.02. The van der Waals surface area contributed by atoms with Gasteiger partial charge in [0.05, 0.1) is 5.69 Å². The smallest absolute Gasteiger partial charge is 0.257 e. The Bertz CT molecular complexity index is 1010. The molecule has 3 aromatic rings. The highest BCUT2D eigenvalue weighted by Crippen LogP contribution is 2.23. The normalized spacial score (nSPS) is 16.4. The number of hydrogen-bond acceptors (Lipinski definition) is 5. The fourth-order valence-electron chi connectivity index (χ4n) is 3.95. The van der Waals surface area contributed by atoms with Crippen molar-refractivity contribution in [2.75, 3.05) is 13.1 Å². The Hall–Kier alpha value is -3.03. The molecule has 4 rings (SSSR count). The molecule has 0 saturated carbocycles. The third-order valence-corrected chi connectivity index (χ3v) is 5.61. The topological polar surface area (TPSA) is 77.0 Å².